The van der Waals surface area contributed by atoms with Gasteiger partial charge in [-0.25, -0.2) is 4.98 Å². The van der Waals surface area contributed by atoms with Gasteiger partial charge in [-0.05, 0) is 44.0 Å². The molecule has 1 aromatic heterocycles. The molecule has 28 heavy (non-hydrogen) atoms. The van der Waals surface area contributed by atoms with Crippen molar-refractivity contribution in [3.05, 3.63) is 53.6 Å². The minimum Gasteiger partial charge on any atom is -0.325 e. The lowest BCUT2D eigenvalue weighted by Crippen LogP contribution is -2.15. The van der Waals surface area contributed by atoms with Crippen LogP contribution in [0.3, 0.4) is 0 Å². The van der Waals surface area contributed by atoms with Crippen LogP contribution in [0.2, 0.25) is 0 Å². The molecule has 0 saturated carbocycles. The molecular weight excluding hydrogens is 366 g/mol. The van der Waals surface area contributed by atoms with Crippen LogP contribution in [0.5, 0.6) is 0 Å². The summed E-state index contributed by atoms with van der Waals surface area (Å²) >= 11 is 1.51. The van der Waals surface area contributed by atoms with E-state index in [1.54, 1.807) is 0 Å². The number of imidazole rings is 1. The number of anilines is 1. The van der Waals surface area contributed by atoms with Crippen molar-refractivity contribution < 1.29 is 4.79 Å². The highest BCUT2D eigenvalue weighted by Gasteiger charge is 2.13. The van der Waals surface area contributed by atoms with Gasteiger partial charge in [0.15, 0.2) is 5.16 Å². The van der Waals surface area contributed by atoms with Crippen molar-refractivity contribution in [2.45, 2.75) is 58.2 Å². The monoisotopic (exact) mass is 395 g/mol. The fourth-order valence-corrected chi connectivity index (χ4v) is 4.19. The molecular formula is C23H29N3OS. The molecule has 0 saturated heterocycles. The highest BCUT2D eigenvalue weighted by atomic mass is 32.2. The highest BCUT2D eigenvalue weighted by Crippen LogP contribution is 2.25. The van der Waals surface area contributed by atoms with Gasteiger partial charge in [-0.1, -0.05) is 67.8 Å². The molecule has 0 aliphatic heterocycles. The van der Waals surface area contributed by atoms with E-state index >= 15 is 0 Å². The number of carbonyl (C=O) groups is 1. The van der Waals surface area contributed by atoms with Crippen LogP contribution in [-0.2, 0) is 11.3 Å². The van der Waals surface area contributed by atoms with Crippen LogP contribution in [0.15, 0.2) is 47.6 Å². The quantitative estimate of drug-likeness (QED) is 0.359. The van der Waals surface area contributed by atoms with Crippen molar-refractivity contribution in [3.63, 3.8) is 0 Å². The third kappa shape index (κ3) is 5.16. The molecule has 0 spiro atoms. The predicted molar refractivity (Wildman–Crippen MR) is 119 cm³/mol. The van der Waals surface area contributed by atoms with E-state index in [4.69, 9.17) is 4.98 Å². The molecule has 1 amide bonds. The van der Waals surface area contributed by atoms with Crippen molar-refractivity contribution in [3.8, 4) is 0 Å². The molecule has 3 aromatic rings. The van der Waals surface area contributed by atoms with Crippen LogP contribution in [-0.4, -0.2) is 21.2 Å². The van der Waals surface area contributed by atoms with Gasteiger partial charge in [0.2, 0.25) is 5.91 Å². The Labute approximate surface area is 171 Å². The van der Waals surface area contributed by atoms with E-state index in [-0.39, 0.29) is 5.91 Å². The molecule has 2 aromatic carbocycles. The van der Waals surface area contributed by atoms with Gasteiger partial charge in [0.1, 0.15) is 0 Å². The fourth-order valence-electron chi connectivity index (χ4n) is 3.35. The standard InChI is InChI=1S/C23H29N3OS/c1-4-5-6-9-14-26-21-11-8-7-10-20(21)25-23(26)28-16-22(27)24-19-13-12-17(2)15-18(19)3/h7-8,10-13,15H,4-6,9,14,16H2,1-3H3,(H,24,27). The lowest BCUT2D eigenvalue weighted by atomic mass is 10.1. The number of nitrogens with one attached hydrogen (secondary N) is 1. The van der Waals surface area contributed by atoms with Gasteiger partial charge in [-0.2, -0.15) is 0 Å². The second-order valence-corrected chi connectivity index (χ2v) is 8.19. The van der Waals surface area contributed by atoms with Gasteiger partial charge >= 0.3 is 0 Å². The molecule has 4 nitrogen and oxygen atoms in total. The molecule has 0 unspecified atom stereocenters. The first-order valence-corrected chi connectivity index (χ1v) is 11.0. The van der Waals surface area contributed by atoms with Gasteiger partial charge in [-0.3, -0.25) is 4.79 Å². The number of para-hydroxylation sites is 2. The number of aryl methyl sites for hydroxylation is 3. The number of amides is 1. The molecule has 0 fully saturated rings. The van der Waals surface area contributed by atoms with Crippen molar-refractivity contribution in [2.24, 2.45) is 0 Å². The summed E-state index contributed by atoms with van der Waals surface area (Å²) in [7, 11) is 0. The van der Waals surface area contributed by atoms with Gasteiger partial charge in [0.05, 0.1) is 16.8 Å². The summed E-state index contributed by atoms with van der Waals surface area (Å²) in [6.07, 6.45) is 4.84. The Balaban J connectivity index is 1.68. The third-order valence-electron chi connectivity index (χ3n) is 4.84. The SMILES string of the molecule is CCCCCCn1c(SCC(=O)Nc2ccc(C)cc2C)nc2ccccc21. The first-order chi connectivity index (χ1) is 13.6. The van der Waals surface area contributed by atoms with Gasteiger partial charge in [0.25, 0.3) is 0 Å². The summed E-state index contributed by atoms with van der Waals surface area (Å²) in [5.41, 5.74) is 5.30. The summed E-state index contributed by atoms with van der Waals surface area (Å²) in [5, 5.41) is 3.95. The summed E-state index contributed by atoms with van der Waals surface area (Å²) < 4.78 is 2.26. The second-order valence-electron chi connectivity index (χ2n) is 7.25. The Morgan fingerprint density at radius 1 is 1.11 bits per heavy atom. The second kappa shape index (κ2) is 9.78. The number of hydrogen-bond donors (Lipinski definition) is 1. The number of rotatable bonds is 9. The zero-order chi connectivity index (χ0) is 19.9. The number of carbonyl (C=O) groups excluding carboxylic acids is 1. The Bertz CT molecular complexity index is 948. The average Bonchev–Trinajstić information content (AvgIpc) is 3.03. The molecule has 1 N–H and O–H groups in total. The number of benzene rings is 2. The molecule has 3 rings (SSSR count). The molecule has 0 aliphatic rings. The van der Waals surface area contributed by atoms with Crippen LogP contribution in [0.4, 0.5) is 5.69 Å². The molecule has 5 heteroatoms. The van der Waals surface area contributed by atoms with Crippen molar-refractivity contribution >= 4 is 34.4 Å². The van der Waals surface area contributed by atoms with Crippen LogP contribution in [0.1, 0.15) is 43.7 Å². The van der Waals surface area contributed by atoms with E-state index < -0.39 is 0 Å². The first kappa shape index (κ1) is 20.5. The summed E-state index contributed by atoms with van der Waals surface area (Å²) in [6.45, 7) is 7.24. The van der Waals surface area contributed by atoms with Crippen LogP contribution >= 0.6 is 11.8 Å². The largest absolute Gasteiger partial charge is 0.325 e. The van der Waals surface area contributed by atoms with Crippen LogP contribution < -0.4 is 5.32 Å². The van der Waals surface area contributed by atoms with Crippen molar-refractivity contribution in [1.29, 1.82) is 0 Å². The Hall–Kier alpha value is -2.27. The molecule has 148 valence electrons. The minimum absolute atomic E-state index is 0.00143. The number of hydrogen-bond acceptors (Lipinski definition) is 3. The Morgan fingerprint density at radius 3 is 2.71 bits per heavy atom. The molecule has 0 bridgehead atoms. The molecule has 0 atom stereocenters. The maximum absolute atomic E-state index is 12.5. The molecule has 0 radical (unpaired) electrons. The van der Waals surface area contributed by atoms with E-state index in [1.165, 1.54) is 36.6 Å². The Kier molecular flexibility index (Phi) is 7.15. The predicted octanol–water partition coefficient (Wildman–Crippen LogP) is 5.96. The first-order valence-electron chi connectivity index (χ1n) is 10.0. The van der Waals surface area contributed by atoms with E-state index in [2.05, 4.69) is 35.9 Å². The maximum atomic E-state index is 12.5. The zero-order valence-corrected chi connectivity index (χ0v) is 17.8. The number of fused-ring (bicyclic) bond motifs is 1. The fraction of sp³-hybridized carbons (Fsp3) is 0.391. The average molecular weight is 396 g/mol. The molecule has 1 heterocycles. The maximum Gasteiger partial charge on any atom is 0.234 e. The summed E-state index contributed by atoms with van der Waals surface area (Å²) in [5.74, 6) is 0.354. The van der Waals surface area contributed by atoms with Gasteiger partial charge < -0.3 is 9.88 Å². The van der Waals surface area contributed by atoms with Gasteiger partial charge in [-0.15, -0.1) is 0 Å². The van der Waals surface area contributed by atoms with Crippen molar-refractivity contribution in [1.82, 2.24) is 9.55 Å². The van der Waals surface area contributed by atoms with E-state index in [0.717, 1.165) is 40.4 Å². The number of aromatic nitrogens is 2. The molecule has 0 aliphatic carbocycles. The lowest BCUT2D eigenvalue weighted by molar-refractivity contribution is -0.113. The van der Waals surface area contributed by atoms with E-state index in [9.17, 15) is 4.79 Å². The summed E-state index contributed by atoms with van der Waals surface area (Å²) in [4.78, 5) is 17.2. The topological polar surface area (TPSA) is 46.9 Å². The minimum atomic E-state index is 0.00143. The normalized spacial score (nSPS) is 11.1. The smallest absolute Gasteiger partial charge is 0.234 e. The number of nitrogens with zero attached hydrogens (tertiary/aromatic N) is 2. The number of thioether (sulfide) groups is 1. The number of unbranched alkanes of at least 4 members (excludes halogenated alkanes) is 3. The van der Waals surface area contributed by atoms with Gasteiger partial charge in [0, 0.05) is 12.2 Å². The highest BCUT2D eigenvalue weighted by molar-refractivity contribution is 7.99. The lowest BCUT2D eigenvalue weighted by Gasteiger charge is -2.10. The van der Waals surface area contributed by atoms with E-state index in [1.807, 2.05) is 37.3 Å². The summed E-state index contributed by atoms with van der Waals surface area (Å²) in [6, 6.07) is 14.3. The Morgan fingerprint density at radius 2 is 1.93 bits per heavy atom. The van der Waals surface area contributed by atoms with Crippen molar-refractivity contribution in [2.75, 3.05) is 11.1 Å². The zero-order valence-electron chi connectivity index (χ0n) is 17.0. The third-order valence-corrected chi connectivity index (χ3v) is 5.82. The van der Waals surface area contributed by atoms with E-state index in [0.29, 0.717) is 5.75 Å². The van der Waals surface area contributed by atoms with Crippen LogP contribution in [0.25, 0.3) is 11.0 Å². The van der Waals surface area contributed by atoms with Crippen LogP contribution in [0, 0.1) is 13.8 Å².